The number of benzene rings is 3. The Hall–Kier alpha value is -3.48. The molecule has 2 amide bonds. The van der Waals surface area contributed by atoms with Crippen molar-refractivity contribution in [2.45, 2.75) is 19.3 Å². The molecule has 0 radical (unpaired) electrons. The highest BCUT2D eigenvalue weighted by atomic mass is 35.5. The number of hydrogen-bond acceptors (Lipinski definition) is 4. The molecule has 0 aromatic heterocycles. The number of carbonyl (C=O) groups excluding carboxylic acids is 2. The molecule has 1 aliphatic heterocycles. The topological polar surface area (TPSA) is 65.0 Å². The van der Waals surface area contributed by atoms with Gasteiger partial charge in [0.1, 0.15) is 5.92 Å². The number of amides is 2. The molecule has 1 N–H and O–H groups in total. The first-order valence-corrected chi connectivity index (χ1v) is 12.5. The monoisotopic (exact) mass is 502 g/mol. The van der Waals surface area contributed by atoms with Crippen LogP contribution < -0.4 is 5.32 Å². The molecule has 0 saturated carbocycles. The molecular formula is C29H31ClN4O2. The zero-order valence-electron chi connectivity index (χ0n) is 20.9. The average Bonchev–Trinajstić information content (AvgIpc) is 3.20. The highest BCUT2D eigenvalue weighted by Gasteiger charge is 2.35. The lowest BCUT2D eigenvalue weighted by Gasteiger charge is -2.22. The summed E-state index contributed by atoms with van der Waals surface area (Å²) in [6.07, 6.45) is 0.922. The zero-order valence-corrected chi connectivity index (χ0v) is 21.6. The average molecular weight is 503 g/mol. The van der Waals surface area contributed by atoms with E-state index < -0.39 is 5.92 Å². The molecule has 1 atom stereocenters. The second-order valence-corrected chi connectivity index (χ2v) is 9.54. The summed E-state index contributed by atoms with van der Waals surface area (Å²) in [5.74, 6) is -0.692. The lowest BCUT2D eigenvalue weighted by Crippen LogP contribution is -2.33. The maximum absolute atomic E-state index is 13.0. The number of carbonyl (C=O) groups is 2. The summed E-state index contributed by atoms with van der Waals surface area (Å²) in [6.45, 7) is 4.30. The van der Waals surface area contributed by atoms with Crippen LogP contribution in [0.5, 0.6) is 0 Å². The molecule has 0 saturated heterocycles. The molecule has 0 aliphatic carbocycles. The molecular weight excluding hydrogens is 472 g/mol. The Balaban J connectivity index is 1.63. The molecule has 3 aromatic carbocycles. The van der Waals surface area contributed by atoms with Crippen molar-refractivity contribution in [3.8, 4) is 0 Å². The van der Waals surface area contributed by atoms with Crippen molar-refractivity contribution in [1.82, 2.24) is 9.80 Å². The summed E-state index contributed by atoms with van der Waals surface area (Å²) in [6, 6.07) is 22.4. The Morgan fingerprint density at radius 3 is 2.36 bits per heavy atom. The second-order valence-electron chi connectivity index (χ2n) is 9.11. The number of hydrogen-bond donors (Lipinski definition) is 1. The molecule has 7 heteroatoms. The minimum absolute atomic E-state index is 0.0102. The van der Waals surface area contributed by atoms with Gasteiger partial charge in [0, 0.05) is 29.4 Å². The fraction of sp³-hybridized carbons (Fsp3) is 0.276. The summed E-state index contributed by atoms with van der Waals surface area (Å²) in [4.78, 5) is 35.0. The maximum atomic E-state index is 13.0. The summed E-state index contributed by atoms with van der Waals surface area (Å²) in [7, 11) is 4.06. The van der Waals surface area contributed by atoms with Gasteiger partial charge in [-0.05, 0) is 81.5 Å². The predicted molar refractivity (Wildman–Crippen MR) is 147 cm³/mol. The molecule has 4 rings (SSSR count). The normalized spacial score (nSPS) is 15.1. The smallest absolute Gasteiger partial charge is 0.253 e. The molecule has 0 bridgehead atoms. The Kier molecular flexibility index (Phi) is 8.18. The van der Waals surface area contributed by atoms with E-state index >= 15 is 0 Å². The first-order chi connectivity index (χ1) is 17.4. The molecule has 1 unspecified atom stereocenters. The molecule has 6 nitrogen and oxygen atoms in total. The van der Waals surface area contributed by atoms with Gasteiger partial charge in [0.2, 0.25) is 5.91 Å². The summed E-state index contributed by atoms with van der Waals surface area (Å²) in [5.41, 5.74) is 4.36. The van der Waals surface area contributed by atoms with Crippen molar-refractivity contribution in [3.05, 3.63) is 94.5 Å². The third kappa shape index (κ3) is 5.83. The van der Waals surface area contributed by atoms with Gasteiger partial charge in [0.25, 0.3) is 5.91 Å². The van der Waals surface area contributed by atoms with E-state index in [9.17, 15) is 9.59 Å². The van der Waals surface area contributed by atoms with E-state index in [-0.39, 0.29) is 11.8 Å². The third-order valence-corrected chi connectivity index (χ3v) is 6.49. The van der Waals surface area contributed by atoms with E-state index in [2.05, 4.69) is 10.2 Å². The molecule has 1 aliphatic rings. The summed E-state index contributed by atoms with van der Waals surface area (Å²) < 4.78 is 0. The van der Waals surface area contributed by atoms with E-state index in [1.54, 1.807) is 24.3 Å². The van der Waals surface area contributed by atoms with E-state index in [4.69, 9.17) is 16.6 Å². The standard InChI is InChI=1S/C29H31ClN4O2/c1-4-34(18-8-17-33(2)3)29(36)21-11-14-23(15-12-21)31-27(20-9-6-5-7-10-20)26-24-16-13-22(30)19-25(24)32-28(26)35/h5-7,9-16,19,26H,4,8,17-18H2,1-3H3,(H,32,35). The maximum Gasteiger partial charge on any atom is 0.253 e. The van der Waals surface area contributed by atoms with Crippen molar-refractivity contribution in [2.75, 3.05) is 39.0 Å². The number of fused-ring (bicyclic) bond motifs is 1. The van der Waals surface area contributed by atoms with E-state index in [1.165, 1.54) is 0 Å². The SMILES string of the molecule is CCN(CCCN(C)C)C(=O)c1ccc(N=C(c2ccccc2)C2C(=O)Nc3cc(Cl)ccc32)cc1. The highest BCUT2D eigenvalue weighted by molar-refractivity contribution is 6.31. The van der Waals surface area contributed by atoms with Gasteiger partial charge < -0.3 is 15.1 Å². The third-order valence-electron chi connectivity index (χ3n) is 6.26. The minimum atomic E-state index is -0.562. The fourth-order valence-corrected chi connectivity index (χ4v) is 4.56. The van der Waals surface area contributed by atoms with Crippen LogP contribution >= 0.6 is 11.6 Å². The molecule has 1 heterocycles. The van der Waals surface area contributed by atoms with Crippen molar-refractivity contribution in [2.24, 2.45) is 4.99 Å². The first-order valence-electron chi connectivity index (χ1n) is 12.2. The van der Waals surface area contributed by atoms with Crippen LogP contribution in [0.15, 0.2) is 77.8 Å². The van der Waals surface area contributed by atoms with Crippen molar-refractivity contribution >= 4 is 40.5 Å². The van der Waals surface area contributed by atoms with Crippen LogP contribution in [0.2, 0.25) is 5.02 Å². The number of aliphatic imine (C=N–C) groups is 1. The lowest BCUT2D eigenvalue weighted by molar-refractivity contribution is -0.115. The largest absolute Gasteiger partial charge is 0.339 e. The van der Waals surface area contributed by atoms with E-state index in [0.29, 0.717) is 40.8 Å². The van der Waals surface area contributed by atoms with Gasteiger partial charge in [-0.1, -0.05) is 48.0 Å². The van der Waals surface area contributed by atoms with Gasteiger partial charge >= 0.3 is 0 Å². The summed E-state index contributed by atoms with van der Waals surface area (Å²) in [5, 5.41) is 3.50. The van der Waals surface area contributed by atoms with Crippen LogP contribution in [0.4, 0.5) is 11.4 Å². The van der Waals surface area contributed by atoms with Crippen LogP contribution in [-0.4, -0.2) is 61.1 Å². The van der Waals surface area contributed by atoms with Crippen LogP contribution in [0.3, 0.4) is 0 Å². The van der Waals surface area contributed by atoms with Crippen molar-refractivity contribution < 1.29 is 9.59 Å². The van der Waals surface area contributed by atoms with Gasteiger partial charge in [0.15, 0.2) is 0 Å². The minimum Gasteiger partial charge on any atom is -0.339 e. The molecule has 0 spiro atoms. The molecule has 36 heavy (non-hydrogen) atoms. The number of nitrogens with zero attached hydrogens (tertiary/aromatic N) is 3. The zero-order chi connectivity index (χ0) is 25.7. The Morgan fingerprint density at radius 2 is 1.69 bits per heavy atom. The number of anilines is 1. The predicted octanol–water partition coefficient (Wildman–Crippen LogP) is 5.61. The molecule has 186 valence electrons. The van der Waals surface area contributed by atoms with E-state index in [0.717, 1.165) is 24.1 Å². The molecule has 0 fully saturated rings. The quantitative estimate of drug-likeness (QED) is 0.387. The van der Waals surface area contributed by atoms with Crippen LogP contribution in [0.1, 0.15) is 40.7 Å². The van der Waals surface area contributed by atoms with Gasteiger partial charge in [-0.25, -0.2) is 0 Å². The van der Waals surface area contributed by atoms with Gasteiger partial charge in [-0.2, -0.15) is 0 Å². The Bertz CT molecular complexity index is 1260. The van der Waals surface area contributed by atoms with Gasteiger partial charge in [0.05, 0.1) is 11.4 Å². The number of halogens is 1. The fourth-order valence-electron chi connectivity index (χ4n) is 4.39. The van der Waals surface area contributed by atoms with Gasteiger partial charge in [-0.15, -0.1) is 0 Å². The Morgan fingerprint density at radius 1 is 0.972 bits per heavy atom. The second kappa shape index (κ2) is 11.5. The molecule has 3 aromatic rings. The highest BCUT2D eigenvalue weighted by Crippen LogP contribution is 2.37. The van der Waals surface area contributed by atoms with Crippen LogP contribution in [0, 0.1) is 0 Å². The van der Waals surface area contributed by atoms with Crippen molar-refractivity contribution in [3.63, 3.8) is 0 Å². The van der Waals surface area contributed by atoms with Crippen molar-refractivity contribution in [1.29, 1.82) is 0 Å². The lowest BCUT2D eigenvalue weighted by atomic mass is 9.90. The number of rotatable bonds is 9. The van der Waals surface area contributed by atoms with E-state index in [1.807, 2.05) is 74.4 Å². The summed E-state index contributed by atoms with van der Waals surface area (Å²) >= 11 is 6.15. The Labute approximate surface area is 217 Å². The first kappa shape index (κ1) is 25.6. The van der Waals surface area contributed by atoms with Crippen LogP contribution in [-0.2, 0) is 4.79 Å². The van der Waals surface area contributed by atoms with Gasteiger partial charge in [-0.3, -0.25) is 14.6 Å². The van der Waals surface area contributed by atoms with Crippen LogP contribution in [0.25, 0.3) is 0 Å². The number of nitrogens with one attached hydrogen (secondary N) is 1.